The number of amides is 1. The molecular formula is C12H23NO3. The molecule has 1 saturated heterocycles. The highest BCUT2D eigenvalue weighted by Gasteiger charge is 2.20. The summed E-state index contributed by atoms with van der Waals surface area (Å²) in [6.07, 6.45) is 3.13. The van der Waals surface area contributed by atoms with E-state index in [4.69, 9.17) is 9.84 Å². The minimum absolute atomic E-state index is 0.176. The molecule has 0 aliphatic carbocycles. The third-order valence-electron chi connectivity index (χ3n) is 3.04. The topological polar surface area (TPSA) is 49.8 Å². The lowest BCUT2D eigenvalue weighted by Crippen LogP contribution is -2.35. The Morgan fingerprint density at radius 3 is 2.88 bits per heavy atom. The molecule has 4 heteroatoms. The van der Waals surface area contributed by atoms with E-state index in [0.717, 1.165) is 45.6 Å². The number of aliphatic hydroxyl groups is 1. The molecule has 1 heterocycles. The summed E-state index contributed by atoms with van der Waals surface area (Å²) in [6, 6.07) is 0. The number of rotatable bonds is 7. The Bertz CT molecular complexity index is 202. The van der Waals surface area contributed by atoms with Crippen molar-refractivity contribution in [1.29, 1.82) is 0 Å². The third kappa shape index (κ3) is 4.49. The summed E-state index contributed by atoms with van der Waals surface area (Å²) < 4.78 is 5.31. The molecule has 1 amide bonds. The fourth-order valence-electron chi connectivity index (χ4n) is 1.99. The average molecular weight is 229 g/mol. The minimum atomic E-state index is 0.176. The van der Waals surface area contributed by atoms with Crippen molar-refractivity contribution in [3.63, 3.8) is 0 Å². The zero-order valence-corrected chi connectivity index (χ0v) is 10.2. The van der Waals surface area contributed by atoms with E-state index in [1.807, 2.05) is 11.8 Å². The lowest BCUT2D eigenvalue weighted by Gasteiger charge is -2.23. The molecule has 1 rings (SSSR count). The van der Waals surface area contributed by atoms with Crippen LogP contribution in [0, 0.1) is 5.92 Å². The van der Waals surface area contributed by atoms with Gasteiger partial charge < -0.3 is 14.7 Å². The van der Waals surface area contributed by atoms with Gasteiger partial charge in [0.2, 0.25) is 5.91 Å². The van der Waals surface area contributed by atoms with Gasteiger partial charge in [-0.05, 0) is 26.2 Å². The Morgan fingerprint density at radius 1 is 1.50 bits per heavy atom. The molecule has 1 aliphatic rings. The van der Waals surface area contributed by atoms with Crippen LogP contribution in [-0.4, -0.2) is 48.8 Å². The van der Waals surface area contributed by atoms with Crippen LogP contribution < -0.4 is 0 Å². The predicted molar refractivity (Wildman–Crippen MR) is 62.1 cm³/mol. The van der Waals surface area contributed by atoms with Crippen LogP contribution in [0.3, 0.4) is 0 Å². The number of aliphatic hydroxyl groups excluding tert-OH is 1. The van der Waals surface area contributed by atoms with Gasteiger partial charge in [-0.25, -0.2) is 0 Å². The highest BCUT2D eigenvalue weighted by molar-refractivity contribution is 5.76. The molecule has 0 radical (unpaired) electrons. The Balaban J connectivity index is 2.25. The molecule has 1 fully saturated rings. The largest absolute Gasteiger partial charge is 0.396 e. The van der Waals surface area contributed by atoms with Gasteiger partial charge in [0.15, 0.2) is 0 Å². The molecule has 4 nitrogen and oxygen atoms in total. The van der Waals surface area contributed by atoms with Crippen LogP contribution in [0.2, 0.25) is 0 Å². The van der Waals surface area contributed by atoms with E-state index < -0.39 is 0 Å². The van der Waals surface area contributed by atoms with Gasteiger partial charge in [0, 0.05) is 38.6 Å². The summed E-state index contributed by atoms with van der Waals surface area (Å²) in [5.74, 6) is 0.726. The molecule has 1 N–H and O–H groups in total. The van der Waals surface area contributed by atoms with Crippen LogP contribution >= 0.6 is 0 Å². The van der Waals surface area contributed by atoms with Gasteiger partial charge in [-0.3, -0.25) is 4.79 Å². The van der Waals surface area contributed by atoms with E-state index >= 15 is 0 Å². The molecule has 1 atom stereocenters. The van der Waals surface area contributed by atoms with E-state index in [1.54, 1.807) is 0 Å². The van der Waals surface area contributed by atoms with Gasteiger partial charge in [-0.2, -0.15) is 0 Å². The highest BCUT2D eigenvalue weighted by atomic mass is 16.5. The minimum Gasteiger partial charge on any atom is -0.396 e. The van der Waals surface area contributed by atoms with Gasteiger partial charge >= 0.3 is 0 Å². The van der Waals surface area contributed by atoms with Crippen molar-refractivity contribution in [3.05, 3.63) is 0 Å². The molecule has 0 saturated carbocycles. The molecular weight excluding hydrogens is 206 g/mol. The number of unbranched alkanes of at least 4 members (excludes halogenated alkanes) is 1. The summed E-state index contributed by atoms with van der Waals surface area (Å²) in [7, 11) is 0. The van der Waals surface area contributed by atoms with Gasteiger partial charge in [0.25, 0.3) is 0 Å². The van der Waals surface area contributed by atoms with E-state index in [2.05, 4.69) is 0 Å². The van der Waals surface area contributed by atoms with Gasteiger partial charge in [0.05, 0.1) is 6.61 Å². The Kier molecular flexibility index (Phi) is 6.42. The Hall–Kier alpha value is -0.610. The van der Waals surface area contributed by atoms with Crippen molar-refractivity contribution in [2.24, 2.45) is 5.92 Å². The first-order chi connectivity index (χ1) is 7.77. The molecule has 94 valence electrons. The Morgan fingerprint density at radius 2 is 2.31 bits per heavy atom. The summed E-state index contributed by atoms with van der Waals surface area (Å²) in [5.41, 5.74) is 0. The van der Waals surface area contributed by atoms with E-state index in [-0.39, 0.29) is 12.5 Å². The van der Waals surface area contributed by atoms with E-state index in [0.29, 0.717) is 12.3 Å². The predicted octanol–water partition coefficient (Wildman–Crippen LogP) is 1.03. The highest BCUT2D eigenvalue weighted by Crippen LogP contribution is 2.14. The normalized spacial score (nSPS) is 20.0. The molecule has 0 aromatic rings. The second-order valence-corrected chi connectivity index (χ2v) is 4.34. The monoisotopic (exact) mass is 229 g/mol. The SMILES string of the molecule is CCN(CC1CCOC1)C(=O)CCCCO. The lowest BCUT2D eigenvalue weighted by atomic mass is 10.1. The van der Waals surface area contributed by atoms with Crippen LogP contribution in [0.4, 0.5) is 0 Å². The van der Waals surface area contributed by atoms with Crippen LogP contribution in [-0.2, 0) is 9.53 Å². The summed E-state index contributed by atoms with van der Waals surface area (Å²) >= 11 is 0. The fraction of sp³-hybridized carbons (Fsp3) is 0.917. The number of hydrogen-bond donors (Lipinski definition) is 1. The first-order valence-electron chi connectivity index (χ1n) is 6.24. The zero-order valence-electron chi connectivity index (χ0n) is 10.2. The molecule has 0 aromatic carbocycles. The molecule has 1 aliphatic heterocycles. The number of carbonyl (C=O) groups is 1. The summed E-state index contributed by atoms with van der Waals surface area (Å²) in [5, 5.41) is 8.66. The standard InChI is InChI=1S/C12H23NO3/c1-2-13(9-11-6-8-16-10-11)12(15)5-3-4-7-14/h11,14H,2-10H2,1H3. The van der Waals surface area contributed by atoms with Crippen LogP contribution in [0.1, 0.15) is 32.6 Å². The summed E-state index contributed by atoms with van der Waals surface area (Å²) in [4.78, 5) is 13.8. The van der Waals surface area contributed by atoms with Gasteiger partial charge in [-0.1, -0.05) is 0 Å². The first kappa shape index (κ1) is 13.5. The van der Waals surface area contributed by atoms with Crippen LogP contribution in [0.15, 0.2) is 0 Å². The number of carbonyl (C=O) groups excluding carboxylic acids is 1. The maximum atomic E-state index is 11.8. The third-order valence-corrected chi connectivity index (χ3v) is 3.04. The van der Waals surface area contributed by atoms with Crippen molar-refractivity contribution in [1.82, 2.24) is 4.90 Å². The fourth-order valence-corrected chi connectivity index (χ4v) is 1.99. The maximum absolute atomic E-state index is 11.8. The van der Waals surface area contributed by atoms with Crippen molar-refractivity contribution in [3.8, 4) is 0 Å². The van der Waals surface area contributed by atoms with Crippen LogP contribution in [0.25, 0.3) is 0 Å². The molecule has 0 spiro atoms. The van der Waals surface area contributed by atoms with Gasteiger partial charge in [-0.15, -0.1) is 0 Å². The smallest absolute Gasteiger partial charge is 0.222 e. The van der Waals surface area contributed by atoms with Crippen molar-refractivity contribution >= 4 is 5.91 Å². The second kappa shape index (κ2) is 7.63. The molecule has 16 heavy (non-hydrogen) atoms. The van der Waals surface area contributed by atoms with E-state index in [1.165, 1.54) is 0 Å². The lowest BCUT2D eigenvalue weighted by molar-refractivity contribution is -0.131. The quantitative estimate of drug-likeness (QED) is 0.663. The maximum Gasteiger partial charge on any atom is 0.222 e. The van der Waals surface area contributed by atoms with Gasteiger partial charge in [0.1, 0.15) is 0 Å². The molecule has 0 bridgehead atoms. The van der Waals surface area contributed by atoms with Crippen LogP contribution in [0.5, 0.6) is 0 Å². The average Bonchev–Trinajstić information content (AvgIpc) is 2.78. The molecule has 1 unspecified atom stereocenters. The second-order valence-electron chi connectivity index (χ2n) is 4.34. The van der Waals surface area contributed by atoms with E-state index in [9.17, 15) is 4.79 Å². The zero-order chi connectivity index (χ0) is 11.8. The summed E-state index contributed by atoms with van der Waals surface area (Å²) in [6.45, 7) is 5.42. The molecule has 0 aromatic heterocycles. The number of hydrogen-bond acceptors (Lipinski definition) is 3. The number of nitrogens with zero attached hydrogens (tertiary/aromatic N) is 1. The number of ether oxygens (including phenoxy) is 1. The van der Waals surface area contributed by atoms with Crippen molar-refractivity contribution in [2.45, 2.75) is 32.6 Å². The first-order valence-corrected chi connectivity index (χ1v) is 6.24. The van der Waals surface area contributed by atoms with Crippen molar-refractivity contribution in [2.75, 3.05) is 32.9 Å². The Labute approximate surface area is 97.6 Å². The van der Waals surface area contributed by atoms with Crippen molar-refractivity contribution < 1.29 is 14.6 Å².